The van der Waals surface area contributed by atoms with Crippen molar-refractivity contribution >= 4 is 49.3 Å². The Morgan fingerprint density at radius 2 is 1.77 bits per heavy atom. The van der Waals surface area contributed by atoms with Crippen molar-refractivity contribution in [2.75, 3.05) is 23.9 Å². The molecule has 2 heterocycles. The van der Waals surface area contributed by atoms with Gasteiger partial charge in [0.15, 0.2) is 0 Å². The van der Waals surface area contributed by atoms with Crippen LogP contribution >= 0.6 is 0 Å². The molecule has 44 heavy (non-hydrogen) atoms. The van der Waals surface area contributed by atoms with Crippen LogP contribution in [0.2, 0.25) is 5.32 Å². The monoisotopic (exact) mass is 659 g/mol. The van der Waals surface area contributed by atoms with Crippen LogP contribution in [0.5, 0.6) is 11.5 Å². The van der Waals surface area contributed by atoms with Crippen molar-refractivity contribution in [2.45, 2.75) is 56.6 Å². The van der Waals surface area contributed by atoms with Gasteiger partial charge in [-0.25, -0.2) is 0 Å². The van der Waals surface area contributed by atoms with Crippen LogP contribution in [0.25, 0.3) is 11.1 Å². The van der Waals surface area contributed by atoms with Gasteiger partial charge in [0.25, 0.3) is 0 Å². The second kappa shape index (κ2) is 14.6. The van der Waals surface area contributed by atoms with Gasteiger partial charge in [0, 0.05) is 18.3 Å². The second-order valence-corrected chi connectivity index (χ2v) is 12.8. The van der Waals surface area contributed by atoms with Gasteiger partial charge < -0.3 is 19.5 Å². The molecule has 2 amide bonds. The summed E-state index contributed by atoms with van der Waals surface area (Å²) in [4.78, 5) is 30.6. The van der Waals surface area contributed by atoms with Crippen LogP contribution in [-0.2, 0) is 14.3 Å². The number of nitriles is 1. The van der Waals surface area contributed by atoms with Gasteiger partial charge in [-0.1, -0.05) is 18.2 Å². The fraction of sp³-hybridized carbons (Fsp3) is 0.343. The van der Waals surface area contributed by atoms with Gasteiger partial charge in [-0.05, 0) is 48.7 Å². The average molecular weight is 659 g/mol. The Morgan fingerprint density at radius 1 is 1.05 bits per heavy atom. The van der Waals surface area contributed by atoms with E-state index >= 15 is 0 Å². The SMILES string of the molecule is CCN(C(=O)C1CC2OC1C(c1ccc(NC(=O)CCCCC[Se]C#N)cc1)=C2c1ccc(O)cc1)c1cccc(OC)c1. The first-order valence-electron chi connectivity index (χ1n) is 15.0. The zero-order chi connectivity index (χ0) is 31.1. The average Bonchev–Trinajstić information content (AvgIpc) is 3.64. The molecule has 0 radical (unpaired) electrons. The first-order chi connectivity index (χ1) is 21.4. The number of carbonyl (C=O) groups is 2. The molecule has 2 aliphatic rings. The molecule has 1 fully saturated rings. The molecule has 0 spiro atoms. The molecular formula is C35H37N3O5Se. The predicted octanol–water partition coefficient (Wildman–Crippen LogP) is 6.25. The van der Waals surface area contributed by atoms with Crippen molar-refractivity contribution < 1.29 is 24.2 Å². The third kappa shape index (κ3) is 7.00. The van der Waals surface area contributed by atoms with Crippen LogP contribution in [0.3, 0.4) is 0 Å². The number of nitrogens with one attached hydrogen (secondary N) is 1. The van der Waals surface area contributed by atoms with Gasteiger partial charge in [0.1, 0.15) is 11.5 Å². The molecule has 1 saturated heterocycles. The number of nitrogens with zero attached hydrogens (tertiary/aromatic N) is 2. The molecule has 3 unspecified atom stereocenters. The van der Waals surface area contributed by atoms with Crippen molar-refractivity contribution in [3.05, 3.63) is 83.9 Å². The first kappa shape index (κ1) is 31.3. The van der Waals surface area contributed by atoms with E-state index in [-0.39, 0.29) is 44.5 Å². The van der Waals surface area contributed by atoms with Gasteiger partial charge in [-0.2, -0.15) is 0 Å². The van der Waals surface area contributed by atoms with Gasteiger partial charge in [0.05, 0.1) is 25.2 Å². The predicted molar refractivity (Wildman–Crippen MR) is 172 cm³/mol. The molecule has 3 aromatic rings. The smallest absolute Gasteiger partial charge is 0.120 e. The van der Waals surface area contributed by atoms with Crippen LogP contribution in [0.4, 0.5) is 11.4 Å². The van der Waals surface area contributed by atoms with Crippen LogP contribution in [0.1, 0.15) is 50.2 Å². The molecule has 2 N–H and O–H groups in total. The maximum Gasteiger partial charge on any atom is 0.120 e. The Bertz CT molecular complexity index is 1550. The molecule has 3 aromatic carbocycles. The summed E-state index contributed by atoms with van der Waals surface area (Å²) in [6.07, 6.45) is 3.05. The summed E-state index contributed by atoms with van der Waals surface area (Å²) in [5.41, 5.74) is 5.36. The van der Waals surface area contributed by atoms with Crippen molar-refractivity contribution in [3.8, 4) is 16.5 Å². The topological polar surface area (TPSA) is 112 Å². The largest absolute Gasteiger partial charge is 0.508 e. The van der Waals surface area contributed by atoms with Gasteiger partial charge >= 0.3 is 113 Å². The number of unbranched alkanes of at least 4 members (excludes halogenated alkanes) is 2. The molecular weight excluding hydrogens is 621 g/mol. The fourth-order valence-corrected chi connectivity index (χ4v) is 7.00. The summed E-state index contributed by atoms with van der Waals surface area (Å²) in [6, 6.07) is 22.4. The number of hydrogen-bond acceptors (Lipinski definition) is 6. The number of aromatic hydroxyl groups is 1. The molecule has 3 atom stereocenters. The maximum absolute atomic E-state index is 14.1. The van der Waals surface area contributed by atoms with Crippen molar-refractivity contribution in [3.63, 3.8) is 0 Å². The summed E-state index contributed by atoms with van der Waals surface area (Å²) < 4.78 is 11.9. The van der Waals surface area contributed by atoms with Gasteiger partial charge in [-0.15, -0.1) is 0 Å². The number of fused-ring (bicyclic) bond motifs is 2. The summed E-state index contributed by atoms with van der Waals surface area (Å²) in [5.74, 6) is 0.493. The third-order valence-electron chi connectivity index (χ3n) is 8.18. The molecule has 8 nitrogen and oxygen atoms in total. The Balaban J connectivity index is 1.37. The van der Waals surface area contributed by atoms with E-state index in [4.69, 9.17) is 14.7 Å². The molecule has 2 aliphatic heterocycles. The van der Waals surface area contributed by atoms with Gasteiger partial charge in [-0.3, -0.25) is 4.79 Å². The zero-order valence-corrected chi connectivity index (χ0v) is 26.7. The van der Waals surface area contributed by atoms with E-state index < -0.39 is 6.10 Å². The van der Waals surface area contributed by atoms with Crippen LogP contribution < -0.4 is 15.0 Å². The zero-order valence-electron chi connectivity index (χ0n) is 25.0. The number of amides is 2. The van der Waals surface area contributed by atoms with E-state index in [1.807, 2.05) is 67.6 Å². The molecule has 9 heteroatoms. The van der Waals surface area contributed by atoms with E-state index in [9.17, 15) is 14.7 Å². The van der Waals surface area contributed by atoms with Crippen molar-refractivity contribution in [1.82, 2.24) is 0 Å². The number of hydrogen-bond donors (Lipinski definition) is 2. The molecule has 2 bridgehead atoms. The first-order valence-corrected chi connectivity index (χ1v) is 17.1. The number of phenolic OH excluding ortho intramolecular Hbond substituents is 1. The second-order valence-electron chi connectivity index (χ2n) is 10.9. The number of benzene rings is 3. The summed E-state index contributed by atoms with van der Waals surface area (Å²) in [5, 5.41) is 22.5. The van der Waals surface area contributed by atoms with Crippen molar-refractivity contribution in [2.24, 2.45) is 5.92 Å². The van der Waals surface area contributed by atoms with Crippen molar-refractivity contribution in [1.29, 1.82) is 5.26 Å². The van der Waals surface area contributed by atoms with E-state index in [0.717, 1.165) is 52.5 Å². The summed E-state index contributed by atoms with van der Waals surface area (Å²) in [7, 11) is 1.61. The number of ether oxygens (including phenoxy) is 2. The quantitative estimate of drug-likeness (QED) is 0.166. The minimum atomic E-state index is -0.432. The Labute approximate surface area is 264 Å². The normalized spacial score (nSPS) is 18.6. The molecule has 228 valence electrons. The van der Waals surface area contributed by atoms with E-state index in [2.05, 4.69) is 10.3 Å². The standard InChI is InChI=1S/C35H37N3O5Se/c1-3-38(26-8-7-9-28(20-26)42-2)35(41)29-21-30-32(23-13-17-27(39)18-14-23)33(34(29)43-30)24-11-15-25(16-12-24)37-31(40)10-5-4-6-19-44-22-36/h7-9,11-18,20,29-30,34,39H,3-6,10,19,21H2,1-2H3,(H,37,40). The summed E-state index contributed by atoms with van der Waals surface area (Å²) in [6.45, 7) is 2.48. The molecule has 0 aliphatic carbocycles. The molecule has 5 rings (SSSR count). The van der Waals surface area contributed by atoms with E-state index in [0.29, 0.717) is 30.8 Å². The fourth-order valence-electron chi connectivity index (χ4n) is 6.08. The number of phenols is 1. The number of carbonyl (C=O) groups excluding carboxylic acids is 2. The number of rotatable bonds is 13. The van der Waals surface area contributed by atoms with E-state index in [1.54, 1.807) is 24.1 Å². The maximum atomic E-state index is 14.1. The molecule has 0 aromatic heterocycles. The Kier molecular flexibility index (Phi) is 10.4. The Morgan fingerprint density at radius 3 is 2.48 bits per heavy atom. The Hall–Kier alpha value is -4.09. The molecule has 0 saturated carbocycles. The number of anilines is 2. The van der Waals surface area contributed by atoms with E-state index in [1.165, 1.54) is 0 Å². The third-order valence-corrected chi connectivity index (χ3v) is 9.48. The minimum Gasteiger partial charge on any atom is -0.508 e. The summed E-state index contributed by atoms with van der Waals surface area (Å²) >= 11 is 0.0458. The van der Waals surface area contributed by atoms with Gasteiger partial charge in [0.2, 0.25) is 5.91 Å². The van der Waals surface area contributed by atoms with Crippen LogP contribution in [0.15, 0.2) is 72.8 Å². The van der Waals surface area contributed by atoms with Crippen LogP contribution in [-0.4, -0.2) is 57.7 Å². The number of methoxy groups -OCH3 is 1. The van der Waals surface area contributed by atoms with Crippen LogP contribution in [0, 0.1) is 16.1 Å². The minimum absolute atomic E-state index is 0.00747.